The molecule has 0 saturated heterocycles. The second kappa shape index (κ2) is 11.6. The summed E-state index contributed by atoms with van der Waals surface area (Å²) in [4.78, 5) is 15.5. The Labute approximate surface area is 244 Å². The molecule has 3 aromatic carbocycles. The lowest BCUT2D eigenvalue weighted by Gasteiger charge is -2.28. The zero-order valence-electron chi connectivity index (χ0n) is 20.6. The van der Waals surface area contributed by atoms with Crippen LogP contribution in [0.3, 0.4) is 0 Å². The number of carboxylic acids is 1. The Bertz CT molecular complexity index is 1610. The van der Waals surface area contributed by atoms with Crippen LogP contribution in [0.2, 0.25) is 15.2 Å². The molecule has 0 fully saturated rings. The molecule has 0 atom stereocenters. The number of nitrogens with zero attached hydrogens (tertiary/aromatic N) is 2. The lowest BCUT2D eigenvalue weighted by molar-refractivity contribution is 0.0695. The van der Waals surface area contributed by atoms with E-state index in [4.69, 9.17) is 39.9 Å². The van der Waals surface area contributed by atoms with Crippen LogP contribution in [0.1, 0.15) is 53.0 Å². The van der Waals surface area contributed by atoms with E-state index in [1.165, 1.54) is 10.6 Å². The number of rotatable bonds is 8. The van der Waals surface area contributed by atoms with E-state index in [1.807, 2.05) is 0 Å². The van der Waals surface area contributed by atoms with Crippen LogP contribution in [0.15, 0.2) is 53.7 Å². The van der Waals surface area contributed by atoms with Gasteiger partial charge in [0.25, 0.3) is 6.43 Å². The highest BCUT2D eigenvalue weighted by Crippen LogP contribution is 2.42. The van der Waals surface area contributed by atoms with E-state index in [-0.39, 0.29) is 26.8 Å². The van der Waals surface area contributed by atoms with Gasteiger partial charge in [0.1, 0.15) is 17.5 Å². The number of aromatic carboxylic acids is 1. The van der Waals surface area contributed by atoms with Gasteiger partial charge in [-0.1, -0.05) is 66.5 Å². The van der Waals surface area contributed by atoms with Crippen molar-refractivity contribution in [1.29, 1.82) is 0 Å². The Kier molecular flexibility index (Phi) is 8.75. The number of thioether (sulfide) groups is 1. The number of hydrogen-bond acceptors (Lipinski definition) is 3. The first kappa shape index (κ1) is 30.2. The van der Waals surface area contributed by atoms with Crippen molar-refractivity contribution in [3.8, 4) is 5.69 Å². The van der Waals surface area contributed by atoms with Crippen molar-refractivity contribution in [2.24, 2.45) is 0 Å². The molecule has 0 aliphatic carbocycles. The molecule has 0 aliphatic heterocycles. The summed E-state index contributed by atoms with van der Waals surface area (Å²) in [7, 11) is 0. The molecule has 0 spiro atoms. The average molecular weight is 636 g/mol. The highest BCUT2D eigenvalue weighted by atomic mass is 35.5. The zero-order valence-corrected chi connectivity index (χ0v) is 23.7. The van der Waals surface area contributed by atoms with Crippen molar-refractivity contribution in [2.75, 3.05) is 0 Å². The summed E-state index contributed by atoms with van der Waals surface area (Å²) in [6, 6.07) is 9.32. The summed E-state index contributed by atoms with van der Waals surface area (Å²) >= 11 is 19.7. The minimum Gasteiger partial charge on any atom is -0.478 e. The van der Waals surface area contributed by atoms with Crippen LogP contribution in [0.5, 0.6) is 0 Å². The Balaban J connectivity index is 1.89. The van der Waals surface area contributed by atoms with Gasteiger partial charge in [-0.25, -0.2) is 31.7 Å². The Morgan fingerprint density at radius 1 is 0.975 bits per heavy atom. The molecule has 4 nitrogen and oxygen atoms in total. The summed E-state index contributed by atoms with van der Waals surface area (Å²) in [6.45, 7) is 3.53. The fourth-order valence-corrected chi connectivity index (χ4v) is 5.89. The average Bonchev–Trinajstić information content (AvgIpc) is 3.21. The van der Waals surface area contributed by atoms with E-state index in [0.29, 0.717) is 28.4 Å². The van der Waals surface area contributed by atoms with Crippen LogP contribution in [0.25, 0.3) is 5.69 Å². The van der Waals surface area contributed by atoms with Crippen molar-refractivity contribution >= 4 is 52.5 Å². The lowest BCUT2D eigenvalue weighted by Crippen LogP contribution is -2.23. The van der Waals surface area contributed by atoms with E-state index in [9.17, 15) is 26.7 Å². The zero-order chi connectivity index (χ0) is 29.5. The maximum Gasteiger partial charge on any atom is 0.335 e. The maximum atomic E-state index is 14.6. The molecule has 4 rings (SSSR count). The first-order valence-electron chi connectivity index (χ1n) is 11.4. The van der Waals surface area contributed by atoms with Gasteiger partial charge in [0.15, 0.2) is 10.3 Å². The minimum absolute atomic E-state index is 0.0522. The van der Waals surface area contributed by atoms with Gasteiger partial charge < -0.3 is 5.11 Å². The smallest absolute Gasteiger partial charge is 0.335 e. The number of aromatic nitrogens is 2. The first-order chi connectivity index (χ1) is 18.7. The molecule has 210 valence electrons. The first-order valence-corrected chi connectivity index (χ1v) is 13.5. The summed E-state index contributed by atoms with van der Waals surface area (Å²) in [5.41, 5.74) is -1.86. The summed E-state index contributed by atoms with van der Waals surface area (Å²) in [5, 5.41) is 9.61. The maximum absolute atomic E-state index is 14.6. The third kappa shape index (κ3) is 5.81. The topological polar surface area (TPSA) is 55.1 Å². The van der Waals surface area contributed by atoms with Crippen LogP contribution < -0.4 is 0 Å². The molecular formula is C27H18Cl3F5N2O2S. The molecular weight excluding hydrogens is 618 g/mol. The van der Waals surface area contributed by atoms with E-state index in [1.54, 1.807) is 32.0 Å². The lowest BCUT2D eigenvalue weighted by atomic mass is 9.81. The number of benzene rings is 3. The highest BCUT2D eigenvalue weighted by molar-refractivity contribution is 7.98. The number of imidazole rings is 1. The molecule has 1 N–H and O–H groups in total. The Morgan fingerprint density at radius 3 is 2.20 bits per heavy atom. The standard InChI is InChI=1S/C27H18Cl3F5N2O2S/c1-27(2,13-3-5-17(28)18(29)9-13)22-23(30)36-26(37(22)14-4-6-19(31)15(10-14)24(34)35)40-11-16-20(32)7-12(25(38)39)8-21(16)33/h3-10,24H,11H2,1-2H3,(H,38,39). The van der Waals surface area contributed by atoms with Crippen molar-refractivity contribution in [1.82, 2.24) is 9.55 Å². The normalized spacial score (nSPS) is 11.9. The molecule has 0 bridgehead atoms. The number of carboxylic acid groups (broad SMARTS) is 1. The van der Waals surface area contributed by atoms with Crippen LogP contribution in [-0.2, 0) is 11.2 Å². The molecule has 0 radical (unpaired) electrons. The Hall–Kier alpha value is -2.79. The predicted molar refractivity (Wildman–Crippen MR) is 145 cm³/mol. The van der Waals surface area contributed by atoms with Crippen LogP contribution >= 0.6 is 46.6 Å². The van der Waals surface area contributed by atoms with Gasteiger partial charge in [-0.15, -0.1) is 0 Å². The van der Waals surface area contributed by atoms with Crippen molar-refractivity contribution < 1.29 is 31.9 Å². The molecule has 4 aromatic rings. The van der Waals surface area contributed by atoms with Crippen molar-refractivity contribution in [3.63, 3.8) is 0 Å². The van der Waals surface area contributed by atoms with E-state index >= 15 is 0 Å². The van der Waals surface area contributed by atoms with Crippen molar-refractivity contribution in [2.45, 2.75) is 36.6 Å². The molecule has 13 heteroatoms. The summed E-state index contributed by atoms with van der Waals surface area (Å²) in [5.74, 6) is -5.16. The van der Waals surface area contributed by atoms with E-state index in [0.717, 1.165) is 23.9 Å². The fraction of sp³-hybridized carbons (Fsp3) is 0.185. The van der Waals surface area contributed by atoms with Crippen LogP contribution in [-0.4, -0.2) is 20.6 Å². The summed E-state index contributed by atoms with van der Waals surface area (Å²) < 4.78 is 72.1. The molecule has 0 saturated carbocycles. The van der Waals surface area contributed by atoms with E-state index in [2.05, 4.69) is 4.98 Å². The SMILES string of the molecule is CC(C)(c1ccc(Cl)c(Cl)c1)c1c(Cl)nc(SCc2c(F)cc(C(=O)O)cc2F)n1-c1ccc(F)c(C(F)F)c1. The minimum atomic E-state index is -3.13. The van der Waals surface area contributed by atoms with Gasteiger partial charge in [0.2, 0.25) is 0 Å². The molecule has 1 aromatic heterocycles. The largest absolute Gasteiger partial charge is 0.478 e. The number of carbonyl (C=O) groups is 1. The number of alkyl halides is 2. The Morgan fingerprint density at radius 2 is 1.62 bits per heavy atom. The summed E-state index contributed by atoms with van der Waals surface area (Å²) in [6.07, 6.45) is -3.13. The van der Waals surface area contributed by atoms with Gasteiger partial charge in [0.05, 0.1) is 26.9 Å². The third-order valence-corrected chi connectivity index (χ3v) is 8.21. The van der Waals surface area contributed by atoms with Gasteiger partial charge in [-0.05, 0) is 48.0 Å². The second-order valence-corrected chi connectivity index (χ2v) is 11.3. The predicted octanol–water partition coefficient (Wildman–Crippen LogP) is 9.50. The highest BCUT2D eigenvalue weighted by Gasteiger charge is 2.34. The number of hydrogen-bond donors (Lipinski definition) is 1. The molecule has 40 heavy (non-hydrogen) atoms. The quantitative estimate of drug-likeness (QED) is 0.155. The molecule has 0 amide bonds. The van der Waals surface area contributed by atoms with Crippen LogP contribution in [0.4, 0.5) is 22.0 Å². The molecule has 0 aliphatic rings. The van der Waals surface area contributed by atoms with Gasteiger partial charge in [-0.3, -0.25) is 4.57 Å². The second-order valence-electron chi connectivity index (χ2n) is 9.14. The molecule has 1 heterocycles. The van der Waals surface area contributed by atoms with Crippen LogP contribution in [0, 0.1) is 17.5 Å². The van der Waals surface area contributed by atoms with Gasteiger partial charge in [-0.2, -0.15) is 0 Å². The number of halogens is 8. The van der Waals surface area contributed by atoms with E-state index < -0.39 is 52.0 Å². The molecule has 0 unspecified atom stereocenters. The van der Waals surface area contributed by atoms with Gasteiger partial charge >= 0.3 is 5.97 Å². The van der Waals surface area contributed by atoms with Crippen molar-refractivity contribution in [3.05, 3.63) is 109 Å². The fourth-order valence-electron chi connectivity index (χ4n) is 4.11. The monoisotopic (exact) mass is 634 g/mol. The van der Waals surface area contributed by atoms with Gasteiger partial charge in [0, 0.05) is 22.4 Å². The third-order valence-electron chi connectivity index (χ3n) is 6.24.